The summed E-state index contributed by atoms with van der Waals surface area (Å²) in [6.45, 7) is 1.63. The lowest BCUT2D eigenvalue weighted by molar-refractivity contribution is 0.331. The van der Waals surface area contributed by atoms with Gasteiger partial charge in [-0.05, 0) is 30.7 Å². The third kappa shape index (κ3) is 3.73. The number of imidazole rings is 1. The van der Waals surface area contributed by atoms with Crippen molar-refractivity contribution < 1.29 is 8.42 Å². The summed E-state index contributed by atoms with van der Waals surface area (Å²) in [5.74, 6) is 0. The molecule has 0 fully saturated rings. The van der Waals surface area contributed by atoms with Crippen molar-refractivity contribution in [1.29, 1.82) is 0 Å². The number of halogens is 1. The van der Waals surface area contributed by atoms with E-state index < -0.39 is 10.0 Å². The quantitative estimate of drug-likeness (QED) is 0.329. The van der Waals surface area contributed by atoms with Gasteiger partial charge in [0.25, 0.3) is 10.0 Å². The van der Waals surface area contributed by atoms with Crippen molar-refractivity contribution in [3.8, 4) is 0 Å². The maximum absolute atomic E-state index is 13.6. The van der Waals surface area contributed by atoms with Gasteiger partial charge in [0.1, 0.15) is 0 Å². The van der Waals surface area contributed by atoms with Gasteiger partial charge in [0.05, 0.1) is 5.52 Å². The zero-order chi connectivity index (χ0) is 22.3. The zero-order valence-corrected chi connectivity index (χ0v) is 19.7. The van der Waals surface area contributed by atoms with Crippen LogP contribution in [0, 0.1) is 0 Å². The van der Waals surface area contributed by atoms with Crippen molar-refractivity contribution in [2.75, 3.05) is 13.6 Å². The highest BCUT2D eigenvalue weighted by Crippen LogP contribution is 2.31. The van der Waals surface area contributed by atoms with Gasteiger partial charge < -0.3 is 4.90 Å². The molecular weight excluding hydrogens is 464 g/mol. The van der Waals surface area contributed by atoms with E-state index in [2.05, 4.69) is 29.1 Å². The van der Waals surface area contributed by atoms with Gasteiger partial charge in [0.2, 0.25) is 5.03 Å². The van der Waals surface area contributed by atoms with E-state index in [0.717, 1.165) is 30.5 Å². The SMILES string of the molecule is CN(CCc1cn(S(=O)(=O)c2c(Cl)nc3sccn23)c2ccccc12)Cc1ccccc1. The highest BCUT2D eigenvalue weighted by atomic mass is 35.5. The van der Waals surface area contributed by atoms with Crippen LogP contribution in [0.4, 0.5) is 0 Å². The smallest absolute Gasteiger partial charge is 0.287 e. The summed E-state index contributed by atoms with van der Waals surface area (Å²) in [6, 6.07) is 17.9. The van der Waals surface area contributed by atoms with Gasteiger partial charge in [-0.3, -0.25) is 4.40 Å². The first-order chi connectivity index (χ1) is 15.4. The fraction of sp³-hybridized carbons (Fsp3) is 0.174. The first-order valence-electron chi connectivity index (χ1n) is 10.1. The number of aromatic nitrogens is 3. The van der Waals surface area contributed by atoms with Gasteiger partial charge in [-0.2, -0.15) is 8.42 Å². The molecule has 3 heterocycles. The summed E-state index contributed by atoms with van der Waals surface area (Å²) in [5, 5.41) is 2.69. The summed E-state index contributed by atoms with van der Waals surface area (Å²) in [4.78, 5) is 6.98. The number of benzene rings is 2. The van der Waals surface area contributed by atoms with Crippen LogP contribution in [0.5, 0.6) is 0 Å². The Kier molecular flexibility index (Phi) is 5.54. The molecule has 6 nitrogen and oxygen atoms in total. The molecule has 0 unspecified atom stereocenters. The second-order valence-corrected chi connectivity index (χ2v) is 10.7. The van der Waals surface area contributed by atoms with Crippen LogP contribution in [-0.2, 0) is 23.0 Å². The van der Waals surface area contributed by atoms with Crippen LogP contribution in [0.25, 0.3) is 15.9 Å². The predicted octanol–water partition coefficient (Wildman–Crippen LogP) is 4.92. The molecule has 0 spiro atoms. The Bertz CT molecular complexity index is 1500. The second-order valence-electron chi connectivity index (χ2n) is 7.71. The van der Waals surface area contributed by atoms with Crippen LogP contribution < -0.4 is 0 Å². The molecule has 0 amide bonds. The maximum atomic E-state index is 13.6. The lowest BCUT2D eigenvalue weighted by atomic mass is 10.1. The highest BCUT2D eigenvalue weighted by molar-refractivity contribution is 7.90. The minimum Gasteiger partial charge on any atom is -0.302 e. The molecule has 0 atom stereocenters. The molecule has 32 heavy (non-hydrogen) atoms. The third-order valence-electron chi connectivity index (χ3n) is 5.50. The Morgan fingerprint density at radius 3 is 2.66 bits per heavy atom. The average Bonchev–Trinajstić information content (AvgIpc) is 3.45. The minimum atomic E-state index is -3.94. The molecule has 0 aliphatic rings. The van der Waals surface area contributed by atoms with E-state index >= 15 is 0 Å². The summed E-state index contributed by atoms with van der Waals surface area (Å²) in [5.41, 5.74) is 2.86. The molecule has 0 saturated carbocycles. The molecular formula is C23H21ClN4O2S2. The normalized spacial score (nSPS) is 12.3. The fourth-order valence-electron chi connectivity index (χ4n) is 3.96. The predicted molar refractivity (Wildman–Crippen MR) is 129 cm³/mol. The van der Waals surface area contributed by atoms with E-state index in [0.29, 0.717) is 10.5 Å². The Morgan fingerprint density at radius 1 is 1.09 bits per heavy atom. The number of rotatable bonds is 7. The van der Waals surface area contributed by atoms with E-state index in [9.17, 15) is 8.42 Å². The molecule has 2 aromatic carbocycles. The molecule has 0 N–H and O–H groups in total. The molecule has 0 saturated heterocycles. The summed E-state index contributed by atoms with van der Waals surface area (Å²) >= 11 is 7.60. The largest absolute Gasteiger partial charge is 0.302 e. The van der Waals surface area contributed by atoms with Crippen LogP contribution in [0.3, 0.4) is 0 Å². The van der Waals surface area contributed by atoms with Gasteiger partial charge in [-0.1, -0.05) is 60.1 Å². The van der Waals surface area contributed by atoms with Gasteiger partial charge >= 0.3 is 0 Å². The number of fused-ring (bicyclic) bond motifs is 2. The second kappa shape index (κ2) is 8.37. The van der Waals surface area contributed by atoms with Crippen LogP contribution in [0.1, 0.15) is 11.1 Å². The van der Waals surface area contributed by atoms with Crippen molar-refractivity contribution >= 4 is 48.8 Å². The molecule has 0 radical (unpaired) electrons. The monoisotopic (exact) mass is 484 g/mol. The number of hydrogen-bond acceptors (Lipinski definition) is 5. The first-order valence-corrected chi connectivity index (χ1v) is 12.8. The number of likely N-dealkylation sites (N-methyl/N-ethyl adjacent to an activating group) is 1. The summed E-state index contributed by atoms with van der Waals surface area (Å²) < 4.78 is 30.2. The molecule has 5 rings (SSSR count). The van der Waals surface area contributed by atoms with E-state index in [-0.39, 0.29) is 10.2 Å². The molecule has 0 bridgehead atoms. The van der Waals surface area contributed by atoms with Gasteiger partial charge in [-0.25, -0.2) is 8.96 Å². The summed E-state index contributed by atoms with van der Waals surface area (Å²) in [6.07, 6.45) is 4.12. The van der Waals surface area contributed by atoms with Crippen LogP contribution in [-0.4, -0.2) is 40.3 Å². The standard InChI is InChI=1S/C23H21ClN4O2S2/c1-26(15-17-7-3-2-4-8-17)12-11-18-16-28(20-10-6-5-9-19(18)20)32(29,30)22-21(24)25-23-27(22)13-14-31-23/h2-10,13-14,16H,11-12,15H2,1H3. The topological polar surface area (TPSA) is 59.6 Å². The molecule has 0 aliphatic heterocycles. The fourth-order valence-corrected chi connectivity index (χ4v) is 6.77. The average molecular weight is 485 g/mol. The summed E-state index contributed by atoms with van der Waals surface area (Å²) in [7, 11) is -1.87. The third-order valence-corrected chi connectivity index (χ3v) is 8.33. The van der Waals surface area contributed by atoms with Crippen molar-refractivity contribution in [2.24, 2.45) is 0 Å². The molecule has 3 aromatic heterocycles. The van der Waals surface area contributed by atoms with Crippen LogP contribution >= 0.6 is 22.9 Å². The lowest BCUT2D eigenvalue weighted by Gasteiger charge is -2.16. The van der Waals surface area contributed by atoms with Gasteiger partial charge in [0, 0.05) is 36.2 Å². The van der Waals surface area contributed by atoms with Crippen LogP contribution in [0.2, 0.25) is 5.15 Å². The zero-order valence-electron chi connectivity index (χ0n) is 17.3. The number of para-hydroxylation sites is 1. The Balaban J connectivity index is 1.49. The molecule has 5 aromatic rings. The first kappa shape index (κ1) is 21.2. The minimum absolute atomic E-state index is 0.0103. The Labute approximate surface area is 195 Å². The van der Waals surface area contributed by atoms with Gasteiger partial charge in [-0.15, -0.1) is 11.3 Å². The lowest BCUT2D eigenvalue weighted by Crippen LogP contribution is -2.20. The Hall–Kier alpha value is -2.65. The number of thiazole rings is 1. The van der Waals surface area contributed by atoms with E-state index in [1.165, 1.54) is 25.3 Å². The maximum Gasteiger partial charge on any atom is 0.287 e. The van der Waals surface area contributed by atoms with Crippen molar-refractivity contribution in [2.45, 2.75) is 18.0 Å². The number of nitrogens with zero attached hydrogens (tertiary/aromatic N) is 4. The van der Waals surface area contributed by atoms with E-state index in [1.807, 2.05) is 42.5 Å². The molecule has 9 heteroatoms. The molecule has 0 aliphatic carbocycles. The van der Waals surface area contributed by atoms with E-state index in [1.54, 1.807) is 17.8 Å². The Morgan fingerprint density at radius 2 is 1.84 bits per heavy atom. The van der Waals surface area contributed by atoms with Gasteiger partial charge in [0.15, 0.2) is 10.1 Å². The number of hydrogen-bond donors (Lipinski definition) is 0. The van der Waals surface area contributed by atoms with E-state index in [4.69, 9.17) is 11.6 Å². The van der Waals surface area contributed by atoms with Crippen molar-refractivity contribution in [3.05, 3.63) is 88.7 Å². The van der Waals surface area contributed by atoms with Crippen LogP contribution in [0.15, 0.2) is 77.4 Å². The molecule has 164 valence electrons. The highest BCUT2D eigenvalue weighted by Gasteiger charge is 2.28. The van der Waals surface area contributed by atoms with Crippen molar-refractivity contribution in [1.82, 2.24) is 18.3 Å². The van der Waals surface area contributed by atoms with Crippen molar-refractivity contribution in [3.63, 3.8) is 0 Å².